The van der Waals surface area contributed by atoms with Gasteiger partial charge in [0.1, 0.15) is 6.29 Å². The van der Waals surface area contributed by atoms with E-state index in [1.54, 1.807) is 0 Å². The van der Waals surface area contributed by atoms with Crippen molar-refractivity contribution in [2.45, 2.75) is 48.7 Å². The van der Waals surface area contributed by atoms with Crippen molar-refractivity contribution >= 4 is 28.8 Å². The predicted molar refractivity (Wildman–Crippen MR) is 100 cm³/mol. The van der Waals surface area contributed by atoms with Crippen LogP contribution in [0.4, 0.5) is 0 Å². The topological polar surface area (TPSA) is 17.1 Å². The largest absolute Gasteiger partial charge is 0.302 e. The summed E-state index contributed by atoms with van der Waals surface area (Å²) in [5, 5.41) is 2.68. The highest BCUT2D eigenvalue weighted by atomic mass is 32.2. The maximum atomic E-state index is 12.1. The highest BCUT2D eigenvalue weighted by molar-refractivity contribution is 8.00. The molecule has 4 saturated carbocycles. The van der Waals surface area contributed by atoms with E-state index in [-0.39, 0.29) is 10.7 Å². The second-order valence-electron chi connectivity index (χ2n) is 8.46. The van der Waals surface area contributed by atoms with Crippen molar-refractivity contribution in [1.82, 2.24) is 0 Å². The van der Waals surface area contributed by atoms with Crippen molar-refractivity contribution in [2.24, 2.45) is 23.2 Å². The first-order chi connectivity index (χ1) is 11.7. The molecule has 0 aliphatic heterocycles. The highest BCUT2D eigenvalue weighted by Crippen LogP contribution is 2.63. The molecule has 0 aromatic heterocycles. The molecule has 4 aliphatic carbocycles. The Balaban J connectivity index is 1.44. The third-order valence-corrected chi connectivity index (χ3v) is 8.19. The lowest BCUT2D eigenvalue weighted by Gasteiger charge is -2.58. The van der Waals surface area contributed by atoms with Gasteiger partial charge in [0.05, 0.1) is 5.25 Å². The van der Waals surface area contributed by atoms with E-state index in [0.29, 0.717) is 0 Å². The Kier molecular flexibility index (Phi) is 3.52. The molecule has 0 N–H and O–H groups in total. The monoisotopic (exact) mass is 336 g/mol. The second-order valence-corrected chi connectivity index (χ2v) is 9.68. The summed E-state index contributed by atoms with van der Waals surface area (Å²) in [6, 6.07) is 15.1. The molecule has 0 amide bonds. The molecule has 2 aromatic rings. The van der Waals surface area contributed by atoms with Gasteiger partial charge in [0.25, 0.3) is 0 Å². The van der Waals surface area contributed by atoms with Gasteiger partial charge in [-0.25, -0.2) is 0 Å². The summed E-state index contributed by atoms with van der Waals surface area (Å²) in [6.07, 6.45) is 9.46. The number of carbonyl (C=O) groups excluding carboxylic acids is 1. The molecule has 4 bridgehead atoms. The van der Waals surface area contributed by atoms with Crippen LogP contribution in [0.1, 0.15) is 38.5 Å². The molecule has 24 heavy (non-hydrogen) atoms. The van der Waals surface area contributed by atoms with Crippen molar-refractivity contribution < 1.29 is 4.79 Å². The minimum atomic E-state index is 0.132. The van der Waals surface area contributed by atoms with E-state index >= 15 is 0 Å². The number of hydrogen-bond donors (Lipinski definition) is 0. The lowest BCUT2D eigenvalue weighted by Crippen LogP contribution is -2.51. The van der Waals surface area contributed by atoms with Crippen LogP contribution < -0.4 is 0 Å². The van der Waals surface area contributed by atoms with Gasteiger partial charge in [-0.15, -0.1) is 11.8 Å². The summed E-state index contributed by atoms with van der Waals surface area (Å²) in [7, 11) is 0. The maximum absolute atomic E-state index is 12.1. The van der Waals surface area contributed by atoms with Crippen LogP contribution >= 0.6 is 11.8 Å². The molecule has 2 aromatic carbocycles. The number of fused-ring (bicyclic) bond motifs is 1. The zero-order valence-electron chi connectivity index (χ0n) is 14.0. The van der Waals surface area contributed by atoms with Gasteiger partial charge < -0.3 is 4.79 Å². The van der Waals surface area contributed by atoms with E-state index in [1.807, 2.05) is 11.8 Å². The standard InChI is InChI=1S/C22H24OS/c23-14-21(22-11-15-7-16(12-22)9-17(8-15)13-22)24-20-6-5-18-3-1-2-4-19(18)10-20/h1-6,10,14-17,21H,7-9,11-13H2. The molecular formula is C22H24OS. The molecule has 1 unspecified atom stereocenters. The lowest BCUT2D eigenvalue weighted by atomic mass is 9.49. The third kappa shape index (κ3) is 2.42. The molecule has 6 rings (SSSR count). The van der Waals surface area contributed by atoms with Crippen LogP contribution in [0.15, 0.2) is 47.4 Å². The van der Waals surface area contributed by atoms with E-state index in [1.165, 1.54) is 60.5 Å². The fourth-order valence-corrected chi connectivity index (χ4v) is 7.44. The van der Waals surface area contributed by atoms with Crippen molar-refractivity contribution in [3.05, 3.63) is 42.5 Å². The first kappa shape index (κ1) is 15.0. The summed E-state index contributed by atoms with van der Waals surface area (Å²) in [5.74, 6) is 2.70. The van der Waals surface area contributed by atoms with Gasteiger partial charge in [-0.1, -0.05) is 30.3 Å². The Labute approximate surface area is 148 Å². The van der Waals surface area contributed by atoms with Gasteiger partial charge in [0.2, 0.25) is 0 Å². The Morgan fingerprint density at radius 1 is 0.917 bits per heavy atom. The van der Waals surface area contributed by atoms with Crippen molar-refractivity contribution in [2.75, 3.05) is 0 Å². The Morgan fingerprint density at radius 3 is 2.17 bits per heavy atom. The average Bonchev–Trinajstić information content (AvgIpc) is 2.58. The summed E-state index contributed by atoms with van der Waals surface area (Å²) >= 11 is 1.82. The van der Waals surface area contributed by atoms with Gasteiger partial charge in [0.15, 0.2) is 0 Å². The van der Waals surface area contributed by atoms with Crippen LogP contribution in [0.3, 0.4) is 0 Å². The molecule has 0 spiro atoms. The SMILES string of the molecule is O=CC(Sc1ccc2ccccc2c1)C12CC3CC(CC(C3)C1)C2. The third-order valence-electron chi connectivity index (χ3n) is 6.80. The van der Waals surface area contributed by atoms with E-state index in [4.69, 9.17) is 0 Å². The minimum absolute atomic E-state index is 0.132. The summed E-state index contributed by atoms with van der Waals surface area (Å²) in [6.45, 7) is 0. The molecule has 0 heterocycles. The molecule has 1 atom stereocenters. The van der Waals surface area contributed by atoms with Crippen molar-refractivity contribution in [1.29, 1.82) is 0 Å². The number of hydrogen-bond acceptors (Lipinski definition) is 2. The lowest BCUT2D eigenvalue weighted by molar-refractivity contribution is -0.114. The summed E-state index contributed by atoms with van der Waals surface area (Å²) in [5.41, 5.74) is 0.285. The van der Waals surface area contributed by atoms with Gasteiger partial charge in [-0.05, 0) is 84.6 Å². The molecule has 4 aliphatic rings. The Morgan fingerprint density at radius 2 is 1.54 bits per heavy atom. The van der Waals surface area contributed by atoms with Gasteiger partial charge in [-0.2, -0.15) is 0 Å². The first-order valence-corrected chi connectivity index (χ1v) is 10.2. The second kappa shape index (κ2) is 5.62. The predicted octanol–water partition coefficient (Wildman–Crippen LogP) is 5.72. The number of aldehydes is 1. The van der Waals surface area contributed by atoms with E-state index in [2.05, 4.69) is 42.5 Å². The number of carbonyl (C=O) groups is 1. The zero-order chi connectivity index (χ0) is 16.1. The van der Waals surface area contributed by atoms with Gasteiger partial charge in [-0.3, -0.25) is 0 Å². The molecule has 0 radical (unpaired) electrons. The van der Waals surface area contributed by atoms with Crippen LogP contribution in [0.25, 0.3) is 10.8 Å². The maximum Gasteiger partial charge on any atom is 0.133 e. The zero-order valence-corrected chi connectivity index (χ0v) is 14.8. The summed E-state index contributed by atoms with van der Waals surface area (Å²) in [4.78, 5) is 13.3. The molecule has 2 heteroatoms. The first-order valence-electron chi connectivity index (χ1n) is 9.35. The number of rotatable bonds is 4. The fourth-order valence-electron chi connectivity index (χ4n) is 6.21. The van der Waals surface area contributed by atoms with Crippen LogP contribution in [-0.4, -0.2) is 11.5 Å². The molecule has 0 saturated heterocycles. The van der Waals surface area contributed by atoms with Crippen molar-refractivity contribution in [3.8, 4) is 0 Å². The average molecular weight is 337 g/mol. The highest BCUT2D eigenvalue weighted by Gasteiger charge is 2.54. The molecule has 1 nitrogen and oxygen atoms in total. The fraction of sp³-hybridized carbons (Fsp3) is 0.500. The Bertz CT molecular complexity index is 745. The van der Waals surface area contributed by atoms with Crippen LogP contribution in [0.5, 0.6) is 0 Å². The van der Waals surface area contributed by atoms with Crippen LogP contribution in [0.2, 0.25) is 0 Å². The van der Waals surface area contributed by atoms with Gasteiger partial charge in [0, 0.05) is 4.90 Å². The van der Waals surface area contributed by atoms with Gasteiger partial charge >= 0.3 is 0 Å². The van der Waals surface area contributed by atoms with Crippen LogP contribution in [0, 0.1) is 23.2 Å². The minimum Gasteiger partial charge on any atom is -0.302 e. The van der Waals surface area contributed by atoms with E-state index < -0.39 is 0 Å². The van der Waals surface area contributed by atoms with Crippen LogP contribution in [-0.2, 0) is 4.79 Å². The molecule has 4 fully saturated rings. The Hall–Kier alpha value is -1.28. The quantitative estimate of drug-likeness (QED) is 0.525. The van der Waals surface area contributed by atoms with E-state index in [0.717, 1.165) is 17.8 Å². The van der Waals surface area contributed by atoms with E-state index in [9.17, 15) is 4.79 Å². The molecular weight excluding hydrogens is 312 g/mol. The number of benzene rings is 2. The normalized spacial score (nSPS) is 35.2. The number of thioether (sulfide) groups is 1. The summed E-state index contributed by atoms with van der Waals surface area (Å²) < 4.78 is 0. The van der Waals surface area contributed by atoms with Crippen molar-refractivity contribution in [3.63, 3.8) is 0 Å². The molecule has 124 valence electrons. The smallest absolute Gasteiger partial charge is 0.133 e.